The molecular formula is C17H27N3O3. The van der Waals surface area contributed by atoms with Gasteiger partial charge in [-0.3, -0.25) is 4.79 Å². The molecule has 128 valence electrons. The Morgan fingerprint density at radius 3 is 2.39 bits per heavy atom. The lowest BCUT2D eigenvalue weighted by Crippen LogP contribution is -2.42. The van der Waals surface area contributed by atoms with Gasteiger partial charge in [0.2, 0.25) is 5.91 Å². The van der Waals surface area contributed by atoms with Gasteiger partial charge in [0.25, 0.3) is 0 Å². The second kappa shape index (κ2) is 8.64. The van der Waals surface area contributed by atoms with E-state index in [0.717, 1.165) is 11.3 Å². The first-order valence-corrected chi connectivity index (χ1v) is 7.65. The number of oxime groups is 1. The number of benzene rings is 1. The molecule has 0 aliphatic carbocycles. The van der Waals surface area contributed by atoms with E-state index in [4.69, 9.17) is 4.84 Å². The van der Waals surface area contributed by atoms with E-state index < -0.39 is 6.10 Å². The summed E-state index contributed by atoms with van der Waals surface area (Å²) >= 11 is 0. The van der Waals surface area contributed by atoms with E-state index in [0.29, 0.717) is 12.3 Å². The van der Waals surface area contributed by atoms with Crippen LogP contribution in [-0.4, -0.2) is 41.5 Å². The van der Waals surface area contributed by atoms with Gasteiger partial charge in [0.1, 0.15) is 12.7 Å². The largest absolute Gasteiger partial charge is 0.393 e. The van der Waals surface area contributed by atoms with Gasteiger partial charge in [-0.05, 0) is 45.4 Å². The molecule has 0 aromatic heterocycles. The predicted octanol–water partition coefficient (Wildman–Crippen LogP) is 2.13. The molecule has 0 saturated heterocycles. The fraction of sp³-hybridized carbons (Fsp3) is 0.529. The van der Waals surface area contributed by atoms with Gasteiger partial charge in [-0.15, -0.1) is 0 Å². The average Bonchev–Trinajstić information content (AvgIpc) is 2.44. The molecule has 0 heterocycles. The van der Waals surface area contributed by atoms with Crippen LogP contribution in [0.5, 0.6) is 0 Å². The lowest BCUT2D eigenvalue weighted by atomic mass is 10.1. The number of carbonyl (C=O) groups is 1. The minimum Gasteiger partial charge on any atom is -0.393 e. The maximum atomic E-state index is 11.0. The minimum absolute atomic E-state index is 0.0458. The molecule has 1 rings (SSSR count). The standard InChI is InChI=1S/C17H27N3O3/c1-12(14-6-8-15(9-7-14)19-13(2)21)20-23-11-16(22)10-18-17(3,4)5/h6-9,16,18,22H,10-11H2,1-5H3,(H,19,21)/b20-12+. The number of hydrogen-bond donors (Lipinski definition) is 3. The Balaban J connectivity index is 2.46. The van der Waals surface area contributed by atoms with Crippen molar-refractivity contribution in [3.63, 3.8) is 0 Å². The van der Waals surface area contributed by atoms with Gasteiger partial charge in [0.15, 0.2) is 0 Å². The van der Waals surface area contributed by atoms with Crippen LogP contribution < -0.4 is 10.6 Å². The molecule has 0 spiro atoms. The third-order valence-electron chi connectivity index (χ3n) is 2.96. The summed E-state index contributed by atoms with van der Waals surface area (Å²) in [5.41, 5.74) is 2.28. The van der Waals surface area contributed by atoms with E-state index in [1.165, 1.54) is 6.92 Å². The van der Waals surface area contributed by atoms with Crippen LogP contribution in [0.4, 0.5) is 5.69 Å². The molecule has 0 aliphatic rings. The number of rotatable bonds is 7. The summed E-state index contributed by atoms with van der Waals surface area (Å²) in [5.74, 6) is -0.107. The number of amides is 1. The maximum Gasteiger partial charge on any atom is 0.221 e. The zero-order valence-corrected chi connectivity index (χ0v) is 14.5. The second-order valence-corrected chi connectivity index (χ2v) is 6.52. The Labute approximate surface area is 137 Å². The normalized spacial score (nSPS) is 13.6. The van der Waals surface area contributed by atoms with Crippen LogP contribution in [0, 0.1) is 0 Å². The smallest absolute Gasteiger partial charge is 0.221 e. The molecule has 23 heavy (non-hydrogen) atoms. The van der Waals surface area contributed by atoms with E-state index in [2.05, 4.69) is 15.8 Å². The molecule has 0 aliphatic heterocycles. The van der Waals surface area contributed by atoms with Crippen LogP contribution in [0.15, 0.2) is 29.4 Å². The lowest BCUT2D eigenvalue weighted by Gasteiger charge is -2.22. The Hall–Kier alpha value is -1.92. The van der Waals surface area contributed by atoms with Crippen molar-refractivity contribution in [2.24, 2.45) is 5.16 Å². The number of aliphatic hydroxyl groups is 1. The van der Waals surface area contributed by atoms with Crippen molar-refractivity contribution >= 4 is 17.3 Å². The van der Waals surface area contributed by atoms with Crippen LogP contribution in [0.2, 0.25) is 0 Å². The Morgan fingerprint density at radius 2 is 1.87 bits per heavy atom. The van der Waals surface area contributed by atoms with E-state index in [-0.39, 0.29) is 18.1 Å². The van der Waals surface area contributed by atoms with Crippen molar-refractivity contribution in [1.82, 2.24) is 5.32 Å². The molecule has 0 radical (unpaired) electrons. The Kier molecular flexibility index (Phi) is 7.19. The van der Waals surface area contributed by atoms with Gasteiger partial charge >= 0.3 is 0 Å². The van der Waals surface area contributed by atoms with Gasteiger partial charge in [0, 0.05) is 24.7 Å². The second-order valence-electron chi connectivity index (χ2n) is 6.52. The lowest BCUT2D eigenvalue weighted by molar-refractivity contribution is -0.114. The molecule has 6 nitrogen and oxygen atoms in total. The van der Waals surface area contributed by atoms with Crippen molar-refractivity contribution in [3.05, 3.63) is 29.8 Å². The van der Waals surface area contributed by atoms with Crippen LogP contribution >= 0.6 is 0 Å². The first-order chi connectivity index (χ1) is 10.7. The van der Waals surface area contributed by atoms with Crippen molar-refractivity contribution in [2.75, 3.05) is 18.5 Å². The van der Waals surface area contributed by atoms with E-state index in [1.807, 2.05) is 39.8 Å². The molecule has 3 N–H and O–H groups in total. The van der Waals surface area contributed by atoms with Crippen LogP contribution in [-0.2, 0) is 9.63 Å². The summed E-state index contributed by atoms with van der Waals surface area (Å²) in [4.78, 5) is 16.2. The fourth-order valence-electron chi connectivity index (χ4n) is 1.75. The molecule has 1 unspecified atom stereocenters. The average molecular weight is 321 g/mol. The van der Waals surface area contributed by atoms with Gasteiger partial charge in [-0.2, -0.15) is 0 Å². The molecule has 6 heteroatoms. The fourth-order valence-corrected chi connectivity index (χ4v) is 1.75. The van der Waals surface area contributed by atoms with Crippen molar-refractivity contribution in [1.29, 1.82) is 0 Å². The number of carbonyl (C=O) groups excluding carboxylic acids is 1. The monoisotopic (exact) mass is 321 g/mol. The molecule has 0 fully saturated rings. The third-order valence-corrected chi connectivity index (χ3v) is 2.96. The highest BCUT2D eigenvalue weighted by molar-refractivity contribution is 5.99. The quantitative estimate of drug-likeness (QED) is 0.531. The first kappa shape index (κ1) is 19.1. The summed E-state index contributed by atoms with van der Waals surface area (Å²) < 4.78 is 0. The molecule has 1 amide bonds. The van der Waals surface area contributed by atoms with Crippen molar-refractivity contribution < 1.29 is 14.7 Å². The van der Waals surface area contributed by atoms with E-state index in [1.54, 1.807) is 12.1 Å². The van der Waals surface area contributed by atoms with Crippen LogP contribution in [0.25, 0.3) is 0 Å². The van der Waals surface area contributed by atoms with Gasteiger partial charge in [-0.25, -0.2) is 0 Å². The summed E-state index contributed by atoms with van der Waals surface area (Å²) in [6.45, 7) is 9.98. The van der Waals surface area contributed by atoms with E-state index in [9.17, 15) is 9.90 Å². The molecule has 1 atom stereocenters. The molecule has 0 bridgehead atoms. The summed E-state index contributed by atoms with van der Waals surface area (Å²) in [6.07, 6.45) is -0.618. The highest BCUT2D eigenvalue weighted by atomic mass is 16.6. The molecule has 0 saturated carbocycles. The summed E-state index contributed by atoms with van der Waals surface area (Å²) in [7, 11) is 0. The van der Waals surface area contributed by atoms with Crippen molar-refractivity contribution in [2.45, 2.75) is 46.3 Å². The zero-order chi connectivity index (χ0) is 17.5. The van der Waals surface area contributed by atoms with Gasteiger partial charge in [-0.1, -0.05) is 17.3 Å². The molecule has 1 aromatic carbocycles. The Morgan fingerprint density at radius 1 is 1.26 bits per heavy atom. The first-order valence-electron chi connectivity index (χ1n) is 7.65. The van der Waals surface area contributed by atoms with Crippen LogP contribution in [0.3, 0.4) is 0 Å². The van der Waals surface area contributed by atoms with Crippen LogP contribution in [0.1, 0.15) is 40.2 Å². The molecule has 1 aromatic rings. The molecular weight excluding hydrogens is 294 g/mol. The number of anilines is 1. The van der Waals surface area contributed by atoms with Crippen molar-refractivity contribution in [3.8, 4) is 0 Å². The minimum atomic E-state index is -0.618. The van der Waals surface area contributed by atoms with E-state index >= 15 is 0 Å². The highest BCUT2D eigenvalue weighted by Gasteiger charge is 2.12. The number of nitrogens with zero attached hydrogens (tertiary/aromatic N) is 1. The predicted molar refractivity (Wildman–Crippen MR) is 92.7 cm³/mol. The summed E-state index contributed by atoms with van der Waals surface area (Å²) in [5, 5.41) is 19.7. The number of hydrogen-bond acceptors (Lipinski definition) is 5. The number of aliphatic hydroxyl groups excluding tert-OH is 1. The summed E-state index contributed by atoms with van der Waals surface area (Å²) in [6, 6.07) is 7.31. The highest BCUT2D eigenvalue weighted by Crippen LogP contribution is 2.10. The third kappa shape index (κ3) is 8.32. The van der Waals surface area contributed by atoms with Gasteiger partial charge < -0.3 is 20.6 Å². The maximum absolute atomic E-state index is 11.0. The number of β-amino-alcohol motifs (C(OH)–C–C–N with tert-alkyl or cyclic N) is 1. The zero-order valence-electron chi connectivity index (χ0n) is 14.5. The van der Waals surface area contributed by atoms with Gasteiger partial charge in [0.05, 0.1) is 5.71 Å². The SMILES string of the molecule is CC(=O)Nc1ccc(/C(C)=N/OCC(O)CNC(C)(C)C)cc1. The Bertz CT molecular complexity index is 533. The number of nitrogens with one attached hydrogen (secondary N) is 2. The topological polar surface area (TPSA) is 83.0 Å².